The SMILES string of the molecule is CCCC[C@H](NC(=O)[C@@H]1C[C@@H](O)CN1C(=O)[C@@H](NC(=O)C1(F)CC1)C(C)(C)C)c1ccc(-c2scnc2C)cc1. The van der Waals surface area contributed by atoms with Crippen molar-refractivity contribution < 1.29 is 23.9 Å². The molecular weight excluding hydrogens is 531 g/mol. The fraction of sp³-hybridized carbons (Fsp3) is 0.600. The summed E-state index contributed by atoms with van der Waals surface area (Å²) >= 11 is 1.58. The van der Waals surface area contributed by atoms with Gasteiger partial charge in [0, 0.05) is 13.0 Å². The van der Waals surface area contributed by atoms with E-state index in [0.717, 1.165) is 41.0 Å². The van der Waals surface area contributed by atoms with Crippen molar-refractivity contribution in [2.24, 2.45) is 5.41 Å². The number of benzene rings is 1. The van der Waals surface area contributed by atoms with E-state index in [1.165, 1.54) is 4.90 Å². The number of thiazole rings is 1. The highest BCUT2D eigenvalue weighted by molar-refractivity contribution is 7.13. The molecule has 1 aliphatic carbocycles. The number of amides is 3. The molecule has 1 saturated carbocycles. The van der Waals surface area contributed by atoms with Gasteiger partial charge in [0.05, 0.1) is 28.2 Å². The Balaban J connectivity index is 1.52. The third-order valence-electron chi connectivity index (χ3n) is 7.83. The highest BCUT2D eigenvalue weighted by atomic mass is 32.1. The summed E-state index contributed by atoms with van der Waals surface area (Å²) in [7, 11) is 0. The smallest absolute Gasteiger partial charge is 0.258 e. The van der Waals surface area contributed by atoms with Crippen LogP contribution in [0.3, 0.4) is 0 Å². The number of nitrogens with zero attached hydrogens (tertiary/aromatic N) is 2. The normalized spacial score (nSPS) is 21.5. The molecule has 2 aliphatic rings. The van der Waals surface area contributed by atoms with Crippen LogP contribution in [0.2, 0.25) is 0 Å². The van der Waals surface area contributed by atoms with E-state index in [1.54, 1.807) is 32.1 Å². The number of unbranched alkanes of at least 4 members (excludes halogenated alkanes) is 1. The number of β-amino-alcohol motifs (C(OH)–C–C–N with tert-alkyl or cyclic N) is 1. The van der Waals surface area contributed by atoms with Crippen molar-refractivity contribution in [1.82, 2.24) is 20.5 Å². The average molecular weight is 573 g/mol. The van der Waals surface area contributed by atoms with Gasteiger partial charge in [0.2, 0.25) is 11.8 Å². The van der Waals surface area contributed by atoms with E-state index in [2.05, 4.69) is 22.5 Å². The Labute approximate surface area is 239 Å². The maximum atomic E-state index is 14.4. The molecule has 1 aliphatic heterocycles. The Morgan fingerprint density at radius 3 is 2.42 bits per heavy atom. The van der Waals surface area contributed by atoms with Crippen LogP contribution in [0, 0.1) is 12.3 Å². The lowest BCUT2D eigenvalue weighted by Gasteiger charge is -2.36. The number of likely N-dealkylation sites (tertiary alicyclic amines) is 1. The third kappa shape index (κ3) is 6.71. The molecule has 4 atom stereocenters. The van der Waals surface area contributed by atoms with Gasteiger partial charge in [-0.3, -0.25) is 14.4 Å². The van der Waals surface area contributed by atoms with Crippen molar-refractivity contribution in [3.63, 3.8) is 0 Å². The van der Waals surface area contributed by atoms with Gasteiger partial charge in [-0.2, -0.15) is 0 Å². The number of alkyl halides is 1. The molecule has 0 unspecified atom stereocenters. The van der Waals surface area contributed by atoms with Crippen molar-refractivity contribution >= 4 is 29.1 Å². The molecule has 40 heavy (non-hydrogen) atoms. The zero-order chi connectivity index (χ0) is 29.2. The van der Waals surface area contributed by atoms with Crippen LogP contribution >= 0.6 is 11.3 Å². The molecular formula is C30H41FN4O4S. The number of carbonyl (C=O) groups excluding carboxylic acids is 3. The van der Waals surface area contributed by atoms with E-state index in [0.29, 0.717) is 0 Å². The molecule has 1 saturated heterocycles. The van der Waals surface area contributed by atoms with Gasteiger partial charge in [-0.1, -0.05) is 64.8 Å². The van der Waals surface area contributed by atoms with Crippen LogP contribution < -0.4 is 10.6 Å². The summed E-state index contributed by atoms with van der Waals surface area (Å²) in [6.45, 7) is 9.40. The molecule has 2 fully saturated rings. The summed E-state index contributed by atoms with van der Waals surface area (Å²) in [6, 6.07) is 5.89. The predicted octanol–water partition coefficient (Wildman–Crippen LogP) is 4.46. The largest absolute Gasteiger partial charge is 0.391 e. The van der Waals surface area contributed by atoms with Gasteiger partial charge in [0.1, 0.15) is 12.1 Å². The minimum atomic E-state index is -1.92. The van der Waals surface area contributed by atoms with Crippen LogP contribution in [0.15, 0.2) is 29.8 Å². The van der Waals surface area contributed by atoms with Crippen molar-refractivity contribution in [3.05, 3.63) is 41.0 Å². The number of halogens is 1. The summed E-state index contributed by atoms with van der Waals surface area (Å²) < 4.78 is 14.4. The second kappa shape index (κ2) is 11.9. The van der Waals surface area contributed by atoms with Crippen LogP contribution in [-0.2, 0) is 14.4 Å². The number of hydrogen-bond acceptors (Lipinski definition) is 6. The number of aromatic nitrogens is 1. The number of hydrogen-bond donors (Lipinski definition) is 3. The molecule has 0 bridgehead atoms. The highest BCUT2D eigenvalue weighted by Gasteiger charge is 2.53. The molecule has 0 spiro atoms. The van der Waals surface area contributed by atoms with Crippen LogP contribution in [0.25, 0.3) is 10.4 Å². The first-order chi connectivity index (χ1) is 18.8. The van der Waals surface area contributed by atoms with Gasteiger partial charge in [-0.25, -0.2) is 9.37 Å². The van der Waals surface area contributed by atoms with E-state index >= 15 is 0 Å². The van der Waals surface area contributed by atoms with Crippen molar-refractivity contribution in [1.29, 1.82) is 0 Å². The lowest BCUT2D eigenvalue weighted by atomic mass is 9.85. The minimum Gasteiger partial charge on any atom is -0.391 e. The van der Waals surface area contributed by atoms with Crippen molar-refractivity contribution in [3.8, 4) is 10.4 Å². The van der Waals surface area contributed by atoms with Crippen LogP contribution in [0.1, 0.15) is 83.5 Å². The molecule has 218 valence electrons. The second-order valence-electron chi connectivity index (χ2n) is 12.2. The molecule has 3 amide bonds. The summed E-state index contributed by atoms with van der Waals surface area (Å²) in [5, 5.41) is 16.2. The van der Waals surface area contributed by atoms with E-state index in [1.807, 2.05) is 36.7 Å². The van der Waals surface area contributed by atoms with E-state index in [-0.39, 0.29) is 37.8 Å². The van der Waals surface area contributed by atoms with E-state index < -0.39 is 41.1 Å². The van der Waals surface area contributed by atoms with Crippen LogP contribution in [0.4, 0.5) is 4.39 Å². The zero-order valence-electron chi connectivity index (χ0n) is 24.0. The number of carbonyl (C=O) groups is 3. The number of aryl methyl sites for hydroxylation is 1. The number of rotatable bonds is 10. The molecule has 2 heterocycles. The van der Waals surface area contributed by atoms with Gasteiger partial charge in [0.15, 0.2) is 5.67 Å². The van der Waals surface area contributed by atoms with Gasteiger partial charge in [-0.15, -0.1) is 11.3 Å². The fourth-order valence-corrected chi connectivity index (χ4v) is 5.97. The van der Waals surface area contributed by atoms with Crippen molar-refractivity contribution in [2.45, 2.75) is 103 Å². The van der Waals surface area contributed by atoms with Gasteiger partial charge in [-0.05, 0) is 42.7 Å². The average Bonchev–Trinajstić information content (AvgIpc) is 3.32. The molecule has 0 radical (unpaired) electrons. The first-order valence-corrected chi connectivity index (χ1v) is 15.0. The molecule has 10 heteroatoms. The Bertz CT molecular complexity index is 1220. The number of aliphatic hydroxyl groups is 1. The van der Waals surface area contributed by atoms with Crippen LogP contribution in [-0.4, -0.2) is 63.1 Å². The maximum Gasteiger partial charge on any atom is 0.258 e. The molecule has 3 N–H and O–H groups in total. The Morgan fingerprint density at radius 1 is 1.20 bits per heavy atom. The van der Waals surface area contributed by atoms with E-state index in [4.69, 9.17) is 0 Å². The Kier molecular flexibility index (Phi) is 8.99. The van der Waals surface area contributed by atoms with Gasteiger partial charge < -0.3 is 20.6 Å². The molecule has 4 rings (SSSR count). The quantitative estimate of drug-likeness (QED) is 0.389. The van der Waals surface area contributed by atoms with Crippen LogP contribution in [0.5, 0.6) is 0 Å². The van der Waals surface area contributed by atoms with Crippen molar-refractivity contribution in [2.75, 3.05) is 6.54 Å². The molecule has 1 aromatic carbocycles. The summed E-state index contributed by atoms with van der Waals surface area (Å²) in [5.41, 5.74) is 2.17. The second-order valence-corrected chi connectivity index (χ2v) is 13.1. The molecule has 2 aromatic rings. The molecule has 8 nitrogen and oxygen atoms in total. The first kappa shape index (κ1) is 30.1. The number of aliphatic hydroxyl groups excluding tert-OH is 1. The Hall–Kier alpha value is -2.85. The molecule has 1 aromatic heterocycles. The fourth-order valence-electron chi connectivity index (χ4n) is 5.16. The lowest BCUT2D eigenvalue weighted by Crippen LogP contribution is -2.59. The first-order valence-electron chi connectivity index (χ1n) is 14.1. The summed E-state index contributed by atoms with van der Waals surface area (Å²) in [5.74, 6) is -1.63. The van der Waals surface area contributed by atoms with E-state index in [9.17, 15) is 23.9 Å². The minimum absolute atomic E-state index is 0.0251. The summed E-state index contributed by atoms with van der Waals surface area (Å²) in [6.07, 6.45) is 2.09. The standard InChI is InChI=1S/C30H41FN4O4S/c1-6-7-8-22(19-9-11-20(12-10-19)24-18(2)32-17-40-24)33-26(37)23-15-21(36)16-35(23)27(38)25(29(3,4)5)34-28(39)30(31)13-14-30/h9-12,17,21-23,25,36H,6-8,13-16H2,1-5H3,(H,33,37)(H,34,39)/t21-,22+,23+,25-/m1/s1. The Morgan fingerprint density at radius 2 is 1.88 bits per heavy atom. The summed E-state index contributed by atoms with van der Waals surface area (Å²) in [4.78, 5) is 46.7. The predicted molar refractivity (Wildman–Crippen MR) is 153 cm³/mol. The van der Waals surface area contributed by atoms with Gasteiger partial charge >= 0.3 is 0 Å². The highest BCUT2D eigenvalue weighted by Crippen LogP contribution is 2.40. The third-order valence-corrected chi connectivity index (χ3v) is 8.81. The lowest BCUT2D eigenvalue weighted by molar-refractivity contribution is -0.145. The maximum absolute atomic E-state index is 14.4. The topological polar surface area (TPSA) is 112 Å². The zero-order valence-corrected chi connectivity index (χ0v) is 24.8. The monoisotopic (exact) mass is 572 g/mol. The van der Waals surface area contributed by atoms with Gasteiger partial charge in [0.25, 0.3) is 5.91 Å². The number of nitrogens with one attached hydrogen (secondary N) is 2.